The number of nitrogens with zero attached hydrogens (tertiary/aromatic N) is 3. The zero-order valence-corrected chi connectivity index (χ0v) is 21.6. The maximum Gasteiger partial charge on any atom is 0.262 e. The topological polar surface area (TPSA) is 74.1 Å². The van der Waals surface area contributed by atoms with E-state index in [1.807, 2.05) is 43.3 Å². The minimum Gasteiger partial charge on any atom is -0.326 e. The molecule has 1 N–H and O–H groups in total. The number of halogens is 2. The number of hydrazone groups is 1. The molecule has 5 rings (SSSR count). The van der Waals surface area contributed by atoms with Crippen LogP contribution in [0.3, 0.4) is 0 Å². The van der Waals surface area contributed by atoms with E-state index in [2.05, 4.69) is 22.4 Å². The van der Waals surface area contributed by atoms with E-state index >= 15 is 0 Å². The van der Waals surface area contributed by atoms with E-state index in [1.54, 1.807) is 29.3 Å². The summed E-state index contributed by atoms with van der Waals surface area (Å²) in [5, 5.41) is 10.5. The molecule has 9 heteroatoms. The Kier molecular flexibility index (Phi) is 7.14. The van der Waals surface area contributed by atoms with E-state index in [1.165, 1.54) is 17.3 Å². The van der Waals surface area contributed by atoms with Crippen LogP contribution in [0.5, 0.6) is 0 Å². The van der Waals surface area contributed by atoms with Gasteiger partial charge in [-0.1, -0.05) is 83.0 Å². The Balaban J connectivity index is 1.35. The highest BCUT2D eigenvalue weighted by Crippen LogP contribution is 2.39. The van der Waals surface area contributed by atoms with Crippen LogP contribution in [-0.2, 0) is 9.59 Å². The van der Waals surface area contributed by atoms with Crippen molar-refractivity contribution in [3.8, 4) is 0 Å². The number of rotatable bonds is 5. The van der Waals surface area contributed by atoms with E-state index in [-0.39, 0.29) is 24.3 Å². The predicted molar refractivity (Wildman–Crippen MR) is 147 cm³/mol. The summed E-state index contributed by atoms with van der Waals surface area (Å²) < 4.78 is 0. The number of hydrogen-bond acceptors (Lipinski definition) is 5. The lowest BCUT2D eigenvalue weighted by atomic mass is 9.98. The largest absolute Gasteiger partial charge is 0.326 e. The zero-order chi connectivity index (χ0) is 25.2. The van der Waals surface area contributed by atoms with Gasteiger partial charge in [0.2, 0.25) is 5.91 Å². The predicted octanol–water partition coefficient (Wildman–Crippen LogP) is 6.48. The number of hydrogen-bond donors (Lipinski definition) is 1. The number of amidine groups is 1. The summed E-state index contributed by atoms with van der Waals surface area (Å²) in [6.45, 7) is 2.04. The molecular weight excluding hydrogens is 515 g/mol. The Hall–Kier alpha value is -3.13. The summed E-state index contributed by atoms with van der Waals surface area (Å²) in [5.41, 5.74) is 4.70. The lowest BCUT2D eigenvalue weighted by Crippen LogP contribution is -2.25. The minimum atomic E-state index is -0.622. The molecule has 2 unspecified atom stereocenters. The number of carbonyl (C=O) groups is 2. The smallest absolute Gasteiger partial charge is 0.262 e. The van der Waals surface area contributed by atoms with Gasteiger partial charge in [0.05, 0.1) is 11.8 Å². The lowest BCUT2D eigenvalue weighted by Gasteiger charge is -2.23. The number of nitrogens with one attached hydrogen (secondary N) is 1. The molecule has 182 valence electrons. The first kappa shape index (κ1) is 24.6. The maximum absolute atomic E-state index is 12.8. The lowest BCUT2D eigenvalue weighted by molar-refractivity contribution is -0.121. The highest BCUT2D eigenvalue weighted by molar-refractivity contribution is 8.15. The van der Waals surface area contributed by atoms with Crippen molar-refractivity contribution >= 4 is 63.3 Å². The second-order valence-corrected chi connectivity index (χ2v) is 10.7. The van der Waals surface area contributed by atoms with Gasteiger partial charge in [-0.15, -0.1) is 0 Å². The van der Waals surface area contributed by atoms with Gasteiger partial charge in [0.25, 0.3) is 5.91 Å². The third-order valence-electron chi connectivity index (χ3n) is 5.95. The Morgan fingerprint density at radius 3 is 2.53 bits per heavy atom. The standard InChI is InChI=1S/C27H22Cl2N4O2S/c1-16-5-7-17(8-6-16)22-14-23(18-9-11-19(28)12-10-18)33(32-22)27-31-26(35)24(36-27)15-25(34)30-21-4-2-3-20(29)13-21/h2-13,23-24H,14-15H2,1H3,(H,30,34). The maximum atomic E-state index is 12.8. The first-order valence-corrected chi connectivity index (χ1v) is 13.0. The van der Waals surface area contributed by atoms with Gasteiger partial charge in [0.15, 0.2) is 5.17 Å². The molecule has 0 bridgehead atoms. The highest BCUT2D eigenvalue weighted by Gasteiger charge is 2.39. The van der Waals surface area contributed by atoms with Crippen LogP contribution in [0.15, 0.2) is 82.9 Å². The normalized spacial score (nSPS) is 19.3. The molecule has 0 aliphatic carbocycles. The average molecular weight is 537 g/mol. The van der Waals surface area contributed by atoms with Crippen LogP contribution in [0.2, 0.25) is 10.0 Å². The third-order valence-corrected chi connectivity index (χ3v) is 7.58. The number of aliphatic imine (C=N–C) groups is 1. The quantitative estimate of drug-likeness (QED) is 0.404. The van der Waals surface area contributed by atoms with Crippen molar-refractivity contribution in [1.82, 2.24) is 5.01 Å². The molecule has 2 aliphatic rings. The van der Waals surface area contributed by atoms with Crippen molar-refractivity contribution in [3.05, 3.63) is 99.5 Å². The molecule has 0 radical (unpaired) electrons. The van der Waals surface area contributed by atoms with Gasteiger partial charge in [0, 0.05) is 28.6 Å². The Labute approximate surface area is 223 Å². The molecular formula is C27H22Cl2N4O2S. The molecule has 2 heterocycles. The Morgan fingerprint density at radius 2 is 1.81 bits per heavy atom. The molecule has 2 amide bonds. The SMILES string of the molecule is Cc1ccc(C2=NN(C3=NC(=O)C(CC(=O)Nc4cccc(Cl)c4)S3)C(c3ccc(Cl)cc3)C2)cc1. The van der Waals surface area contributed by atoms with Crippen molar-refractivity contribution in [2.45, 2.75) is 31.1 Å². The van der Waals surface area contributed by atoms with Gasteiger partial charge < -0.3 is 5.32 Å². The van der Waals surface area contributed by atoms with E-state index < -0.39 is 5.25 Å². The molecule has 2 aliphatic heterocycles. The molecule has 36 heavy (non-hydrogen) atoms. The van der Waals surface area contributed by atoms with Crippen molar-refractivity contribution in [2.75, 3.05) is 5.32 Å². The van der Waals surface area contributed by atoms with Crippen LogP contribution in [0.1, 0.15) is 35.6 Å². The van der Waals surface area contributed by atoms with Crippen LogP contribution >= 0.6 is 35.0 Å². The fourth-order valence-electron chi connectivity index (χ4n) is 4.10. The molecule has 3 aromatic rings. The van der Waals surface area contributed by atoms with E-state index in [0.29, 0.717) is 27.3 Å². The third kappa shape index (κ3) is 5.48. The zero-order valence-electron chi connectivity index (χ0n) is 19.3. The molecule has 0 saturated heterocycles. The molecule has 0 aromatic heterocycles. The van der Waals surface area contributed by atoms with Crippen LogP contribution in [-0.4, -0.2) is 33.0 Å². The fraction of sp³-hybridized carbons (Fsp3) is 0.185. The summed E-state index contributed by atoms with van der Waals surface area (Å²) in [5.74, 6) is -0.621. The molecule has 0 spiro atoms. The monoisotopic (exact) mass is 536 g/mol. The van der Waals surface area contributed by atoms with Crippen LogP contribution in [0.4, 0.5) is 5.69 Å². The van der Waals surface area contributed by atoms with E-state index in [0.717, 1.165) is 16.8 Å². The average Bonchev–Trinajstić information content (AvgIpc) is 3.44. The molecule has 0 saturated carbocycles. The fourth-order valence-corrected chi connectivity index (χ4v) is 5.48. The summed E-state index contributed by atoms with van der Waals surface area (Å²) in [6.07, 6.45) is 0.648. The second kappa shape index (κ2) is 10.5. The second-order valence-electron chi connectivity index (χ2n) is 8.63. The van der Waals surface area contributed by atoms with Gasteiger partial charge in [-0.25, -0.2) is 5.01 Å². The van der Waals surface area contributed by atoms with Crippen LogP contribution < -0.4 is 5.32 Å². The summed E-state index contributed by atoms with van der Waals surface area (Å²) in [7, 11) is 0. The van der Waals surface area contributed by atoms with Gasteiger partial charge in [-0.3, -0.25) is 9.59 Å². The van der Waals surface area contributed by atoms with Crippen molar-refractivity contribution in [2.24, 2.45) is 10.1 Å². The molecule has 6 nitrogen and oxygen atoms in total. The van der Waals surface area contributed by atoms with Gasteiger partial charge in [-0.05, 0) is 48.4 Å². The number of amides is 2. The summed E-state index contributed by atoms with van der Waals surface area (Å²) in [6, 6.07) is 22.6. The van der Waals surface area contributed by atoms with Crippen molar-refractivity contribution in [3.63, 3.8) is 0 Å². The minimum absolute atomic E-state index is 0.00298. The summed E-state index contributed by atoms with van der Waals surface area (Å²) >= 11 is 13.4. The molecule has 0 fully saturated rings. The number of benzene rings is 3. The van der Waals surface area contributed by atoms with E-state index in [4.69, 9.17) is 28.3 Å². The molecule has 2 atom stereocenters. The Morgan fingerprint density at radius 1 is 1.06 bits per heavy atom. The van der Waals surface area contributed by atoms with Crippen LogP contribution in [0, 0.1) is 6.92 Å². The van der Waals surface area contributed by atoms with Crippen LogP contribution in [0.25, 0.3) is 0 Å². The number of carbonyl (C=O) groups excluding carboxylic acids is 2. The van der Waals surface area contributed by atoms with Gasteiger partial charge in [-0.2, -0.15) is 10.1 Å². The number of thioether (sulfide) groups is 1. The summed E-state index contributed by atoms with van der Waals surface area (Å²) in [4.78, 5) is 29.7. The first-order valence-electron chi connectivity index (χ1n) is 11.4. The number of anilines is 1. The highest BCUT2D eigenvalue weighted by atomic mass is 35.5. The van der Waals surface area contributed by atoms with Gasteiger partial charge in [0.1, 0.15) is 5.25 Å². The Bertz CT molecular complexity index is 1370. The van der Waals surface area contributed by atoms with E-state index in [9.17, 15) is 9.59 Å². The van der Waals surface area contributed by atoms with Gasteiger partial charge >= 0.3 is 0 Å². The first-order chi connectivity index (χ1) is 17.4. The van der Waals surface area contributed by atoms with Crippen molar-refractivity contribution < 1.29 is 9.59 Å². The molecule has 3 aromatic carbocycles. The van der Waals surface area contributed by atoms with Crippen molar-refractivity contribution in [1.29, 1.82) is 0 Å². The number of aryl methyl sites for hydroxylation is 1.